The molecule has 89 heavy (non-hydrogen) atoms. The Morgan fingerprint density at radius 1 is 0.416 bits per heavy atom. The third-order valence-electron chi connectivity index (χ3n) is 14.4. The molecular weight excluding hydrogens is 1140 g/mol. The molecule has 454 valence electrons. The van der Waals surface area contributed by atoms with Gasteiger partial charge in [0.2, 0.25) is 29.6 Å². The number of fused-ring (bicyclic) bond motifs is 1. The lowest BCUT2D eigenvalue weighted by Crippen LogP contribution is -2.64. The average Bonchev–Trinajstić information content (AvgIpc) is 1.18. The van der Waals surface area contributed by atoms with E-state index in [0.717, 1.165) is 46.5 Å². The second-order valence-electron chi connectivity index (χ2n) is 20.6. The first kappa shape index (κ1) is 60.0. The Hall–Kier alpha value is -10.7. The lowest BCUT2D eigenvalue weighted by molar-refractivity contribution is -0.351. The van der Waals surface area contributed by atoms with E-state index in [2.05, 4.69) is 0 Å². The Balaban J connectivity index is 0.980. The molecule has 19 heteroatoms. The molecule has 2 fully saturated rings. The van der Waals surface area contributed by atoms with Crippen LogP contribution in [0.25, 0.3) is 0 Å². The van der Waals surface area contributed by atoms with Crippen molar-refractivity contribution in [3.05, 3.63) is 262 Å². The lowest BCUT2D eigenvalue weighted by atomic mass is 9.96. The van der Waals surface area contributed by atoms with Crippen LogP contribution < -0.4 is 28.4 Å². The molecule has 0 saturated carbocycles. The van der Waals surface area contributed by atoms with Gasteiger partial charge in [-0.3, -0.25) is 0 Å². The Labute approximate surface area is 511 Å². The van der Waals surface area contributed by atoms with E-state index < -0.39 is 89.0 Å². The van der Waals surface area contributed by atoms with Gasteiger partial charge in [0.15, 0.2) is 46.9 Å². The van der Waals surface area contributed by atoms with Crippen molar-refractivity contribution in [3.8, 4) is 57.5 Å². The van der Waals surface area contributed by atoms with Gasteiger partial charge in [-0.1, -0.05) is 164 Å². The highest BCUT2D eigenvalue weighted by molar-refractivity contribution is 5.93. The molecule has 4 N–H and O–H groups in total. The van der Waals surface area contributed by atoms with E-state index in [9.17, 15) is 30.0 Å². The highest BCUT2D eigenvalue weighted by Crippen LogP contribution is 2.44. The topological polar surface area (TPSA) is 243 Å². The van der Waals surface area contributed by atoms with E-state index in [1.165, 1.54) is 19.2 Å². The summed E-state index contributed by atoms with van der Waals surface area (Å²) < 4.78 is 74.5. The molecule has 2 saturated heterocycles. The number of esters is 3. The summed E-state index contributed by atoms with van der Waals surface area (Å²) in [5.41, 5.74) is 3.35. The smallest absolute Gasteiger partial charge is 0.340 e. The quantitative estimate of drug-likeness (QED) is 0.0344. The van der Waals surface area contributed by atoms with Crippen molar-refractivity contribution in [2.75, 3.05) is 13.7 Å². The highest BCUT2D eigenvalue weighted by atomic mass is 16.8. The summed E-state index contributed by atoms with van der Waals surface area (Å²) in [7, 11) is 1.51. The number of carbonyl (C=O) groups excluding carboxylic acids is 3. The molecule has 0 bridgehead atoms. The zero-order valence-electron chi connectivity index (χ0n) is 47.8. The maximum Gasteiger partial charge on any atom is 0.340 e. The standard InChI is InChI=1S/C70H60O19/c1-78-52-29-27-48(28-30-52)69-84-42-59-63(88-69)64(86-67(76)51-35-57(79-37-43-17-7-2-8-18-43)62(83-41-47-25-15-6-16-26-47)58(36-51)80-38-44-19-9-3-10-20-44)65(87-66(75)49-31-53(71)60(54(72)32-49)81-39-45-21-11-4-12-22-45)70(85-59)89-68(77)50-33-55(73)61(56(74)34-50)82-40-46-23-13-5-14-24-46/h2-36,59,63-65,69-74H,37-42H2,1H3/t59-,63-,64+,65-,69?,70+/m1/s1. The van der Waals surface area contributed by atoms with Crippen LogP contribution in [-0.2, 0) is 61.5 Å². The van der Waals surface area contributed by atoms with Crippen molar-refractivity contribution in [3.63, 3.8) is 0 Å². The summed E-state index contributed by atoms with van der Waals surface area (Å²) in [6.07, 6.45) is -9.57. The zero-order chi connectivity index (χ0) is 61.6. The SMILES string of the molecule is COc1ccc(C2OC[C@H]3O[C@@H](OC(=O)c4cc(O)c(OCc5ccccc5)c(O)c4)[C@H](OC(=O)c4cc(O)c(OCc5ccccc5)c(O)c4)[C@@H](OC(=O)c4cc(OCc5ccccc5)c(OCc5ccccc5)c(OCc5ccccc5)c4)[C@@H]3O2)cc1. The van der Waals surface area contributed by atoms with Crippen LogP contribution in [0.4, 0.5) is 0 Å². The minimum absolute atomic E-state index is 0.0266. The van der Waals surface area contributed by atoms with Gasteiger partial charge in [0.05, 0.1) is 30.4 Å². The number of hydrogen-bond acceptors (Lipinski definition) is 19. The van der Waals surface area contributed by atoms with Crippen molar-refractivity contribution in [2.24, 2.45) is 0 Å². The number of methoxy groups -OCH3 is 1. The lowest BCUT2D eigenvalue weighted by Gasteiger charge is -2.47. The van der Waals surface area contributed by atoms with E-state index in [1.54, 1.807) is 72.8 Å². The van der Waals surface area contributed by atoms with Crippen molar-refractivity contribution < 1.29 is 91.7 Å². The fraction of sp³-hybridized carbons (Fsp3) is 0.186. The molecule has 2 heterocycles. The predicted molar refractivity (Wildman–Crippen MR) is 319 cm³/mol. The zero-order valence-corrected chi connectivity index (χ0v) is 47.8. The van der Waals surface area contributed by atoms with Gasteiger partial charge in [0.1, 0.15) is 51.0 Å². The molecule has 0 aromatic heterocycles. The molecule has 6 atom stereocenters. The van der Waals surface area contributed by atoms with Crippen LogP contribution >= 0.6 is 0 Å². The van der Waals surface area contributed by atoms with Crippen molar-refractivity contribution in [1.82, 2.24) is 0 Å². The molecule has 0 radical (unpaired) electrons. The second kappa shape index (κ2) is 28.2. The van der Waals surface area contributed by atoms with Gasteiger partial charge in [-0.15, -0.1) is 0 Å². The fourth-order valence-electron chi connectivity index (χ4n) is 9.83. The molecule has 2 aliphatic rings. The summed E-state index contributed by atoms with van der Waals surface area (Å²) in [4.78, 5) is 44.7. The first-order valence-electron chi connectivity index (χ1n) is 28.3. The van der Waals surface area contributed by atoms with Crippen LogP contribution in [0.3, 0.4) is 0 Å². The summed E-state index contributed by atoms with van der Waals surface area (Å²) in [5, 5.41) is 44.9. The van der Waals surface area contributed by atoms with Gasteiger partial charge < -0.3 is 77.3 Å². The first-order valence-corrected chi connectivity index (χ1v) is 28.3. The minimum Gasteiger partial charge on any atom is -0.504 e. The molecule has 0 aliphatic carbocycles. The van der Waals surface area contributed by atoms with Crippen molar-refractivity contribution >= 4 is 17.9 Å². The largest absolute Gasteiger partial charge is 0.504 e. The molecule has 1 unspecified atom stereocenters. The first-order chi connectivity index (χ1) is 43.4. The fourth-order valence-corrected chi connectivity index (χ4v) is 9.83. The van der Waals surface area contributed by atoms with Gasteiger partial charge >= 0.3 is 17.9 Å². The van der Waals surface area contributed by atoms with Crippen molar-refractivity contribution in [2.45, 2.75) is 70.0 Å². The Morgan fingerprint density at radius 2 is 0.775 bits per heavy atom. The molecule has 19 nitrogen and oxygen atoms in total. The number of aromatic hydroxyl groups is 4. The molecule has 2 aliphatic heterocycles. The van der Waals surface area contributed by atoms with Crippen molar-refractivity contribution in [1.29, 1.82) is 0 Å². The summed E-state index contributed by atoms with van der Waals surface area (Å²) in [6, 6.07) is 59.5. The molecular formula is C70H60O19. The predicted octanol–water partition coefficient (Wildman–Crippen LogP) is 11.9. The van der Waals surface area contributed by atoms with E-state index in [1.807, 2.05) is 103 Å². The number of hydrogen-bond donors (Lipinski definition) is 4. The Kier molecular flexibility index (Phi) is 19.0. The Morgan fingerprint density at radius 3 is 1.18 bits per heavy atom. The number of ether oxygens (including phenoxy) is 12. The van der Waals surface area contributed by atoms with Crippen LogP contribution in [-0.4, -0.2) is 82.8 Å². The summed E-state index contributed by atoms with van der Waals surface area (Å²) in [6.45, 7) is -0.258. The molecule has 9 aromatic carbocycles. The van der Waals surface area contributed by atoms with E-state index >= 15 is 4.79 Å². The van der Waals surface area contributed by atoms with E-state index in [-0.39, 0.29) is 74.0 Å². The molecule has 0 spiro atoms. The van der Waals surface area contributed by atoms with Gasteiger partial charge in [-0.25, -0.2) is 14.4 Å². The third kappa shape index (κ3) is 14.9. The monoisotopic (exact) mass is 1200 g/mol. The van der Waals surface area contributed by atoms with Crippen LogP contribution in [0.2, 0.25) is 0 Å². The maximum absolute atomic E-state index is 15.4. The van der Waals surface area contributed by atoms with E-state index in [0.29, 0.717) is 16.9 Å². The summed E-state index contributed by atoms with van der Waals surface area (Å²) >= 11 is 0. The third-order valence-corrected chi connectivity index (χ3v) is 14.4. The minimum atomic E-state index is -2.01. The summed E-state index contributed by atoms with van der Waals surface area (Å²) in [5.74, 6) is -5.88. The molecule has 11 rings (SSSR count). The number of benzene rings is 9. The molecule has 0 amide bonds. The molecule has 9 aromatic rings. The van der Waals surface area contributed by atoms with E-state index in [4.69, 9.17) is 56.8 Å². The highest BCUT2D eigenvalue weighted by Gasteiger charge is 2.55. The van der Waals surface area contributed by atoms with Crippen LogP contribution in [0.15, 0.2) is 212 Å². The normalized spacial score (nSPS) is 17.6. The van der Waals surface area contributed by atoms with Crippen LogP contribution in [0.1, 0.15) is 70.7 Å². The maximum atomic E-state index is 15.4. The van der Waals surface area contributed by atoms with Gasteiger partial charge in [0.25, 0.3) is 0 Å². The average molecular weight is 1210 g/mol. The second-order valence-corrected chi connectivity index (χ2v) is 20.6. The number of rotatable bonds is 23. The number of carbonyl (C=O) groups is 3. The Bertz CT molecular complexity index is 3740. The number of phenolic OH excluding ortho intramolecular Hbond substituents is 4. The van der Waals surface area contributed by atoms with Gasteiger partial charge in [-0.2, -0.15) is 0 Å². The van der Waals surface area contributed by atoms with Gasteiger partial charge in [0, 0.05) is 5.56 Å². The van der Waals surface area contributed by atoms with Crippen LogP contribution in [0.5, 0.6) is 57.5 Å². The van der Waals surface area contributed by atoms with Gasteiger partial charge in [-0.05, 0) is 76.3 Å². The number of phenols is 4. The van der Waals surface area contributed by atoms with Crippen LogP contribution in [0, 0.1) is 0 Å².